The molecule has 1 heterocycles. The Morgan fingerprint density at radius 3 is 2.35 bits per heavy atom. The molecule has 0 bridgehead atoms. The van der Waals surface area contributed by atoms with Crippen LogP contribution in [0.2, 0.25) is 0 Å². The van der Waals surface area contributed by atoms with Crippen molar-refractivity contribution in [2.75, 3.05) is 16.4 Å². The number of nitrogens with zero attached hydrogens (tertiary/aromatic N) is 2. The Morgan fingerprint density at radius 2 is 1.68 bits per heavy atom. The van der Waals surface area contributed by atoms with Crippen LogP contribution in [-0.4, -0.2) is 32.7 Å². The maximum Gasteiger partial charge on any atom is 0.278 e. The third kappa shape index (κ3) is 6.02. The van der Waals surface area contributed by atoms with Crippen LogP contribution in [0.25, 0.3) is 11.3 Å². The number of H-pyrrole nitrogens is 1. The van der Waals surface area contributed by atoms with Gasteiger partial charge in [-0.15, -0.1) is 10.2 Å². The van der Waals surface area contributed by atoms with E-state index in [4.69, 9.17) is 0 Å². The van der Waals surface area contributed by atoms with E-state index in [1.807, 2.05) is 44.2 Å². The van der Waals surface area contributed by atoms with Gasteiger partial charge < -0.3 is 10.6 Å². The molecule has 0 fully saturated rings. The molecular formula is C22H23N5O3S. The molecule has 8 nitrogen and oxygen atoms in total. The topological polar surface area (TPSA) is 117 Å². The number of hydrogen-bond acceptors (Lipinski definition) is 6. The molecule has 3 rings (SSSR count). The minimum Gasteiger partial charge on any atom is -0.325 e. The largest absolute Gasteiger partial charge is 0.325 e. The maximum absolute atomic E-state index is 12.6. The molecule has 0 spiro atoms. The summed E-state index contributed by atoms with van der Waals surface area (Å²) >= 11 is 1.08. The molecule has 3 aromatic rings. The van der Waals surface area contributed by atoms with Crippen molar-refractivity contribution in [2.24, 2.45) is 0 Å². The zero-order chi connectivity index (χ0) is 22.4. The van der Waals surface area contributed by atoms with Gasteiger partial charge in [-0.1, -0.05) is 48.0 Å². The summed E-state index contributed by atoms with van der Waals surface area (Å²) < 4.78 is 0. The van der Waals surface area contributed by atoms with Crippen molar-refractivity contribution in [1.29, 1.82) is 0 Å². The van der Waals surface area contributed by atoms with Gasteiger partial charge in [-0.2, -0.15) is 0 Å². The zero-order valence-electron chi connectivity index (χ0n) is 17.5. The van der Waals surface area contributed by atoms with Crippen molar-refractivity contribution in [3.63, 3.8) is 0 Å². The number of carbonyl (C=O) groups is 2. The van der Waals surface area contributed by atoms with E-state index in [-0.39, 0.29) is 28.4 Å². The third-order valence-electron chi connectivity index (χ3n) is 4.38. The number of aromatic nitrogens is 3. The van der Waals surface area contributed by atoms with E-state index in [0.29, 0.717) is 23.4 Å². The second-order valence-electron chi connectivity index (χ2n) is 6.96. The first kappa shape index (κ1) is 22.2. The molecule has 31 heavy (non-hydrogen) atoms. The summed E-state index contributed by atoms with van der Waals surface area (Å²) in [4.78, 5) is 39.3. The molecular weight excluding hydrogens is 414 g/mol. The number of thioether (sulfide) groups is 1. The van der Waals surface area contributed by atoms with E-state index in [0.717, 1.165) is 22.9 Å². The number of benzene rings is 2. The first-order valence-corrected chi connectivity index (χ1v) is 10.7. The van der Waals surface area contributed by atoms with E-state index in [2.05, 4.69) is 25.8 Å². The molecule has 0 saturated carbocycles. The quantitative estimate of drug-likeness (QED) is 0.487. The standard InChI is InChI=1S/C22H23N5O3S/c1-4-18(28)24-17-10-7-14(3)11-16(17)20-21(30)25-22(27-26-20)31-12-19(29)23-15-8-5-13(2)6-9-15/h5-11H,4,12H2,1-3H3,(H,23,29)(H,24,28)(H,25,27,30). The van der Waals surface area contributed by atoms with Gasteiger partial charge in [0.1, 0.15) is 0 Å². The summed E-state index contributed by atoms with van der Waals surface area (Å²) in [5.74, 6) is -0.315. The van der Waals surface area contributed by atoms with Crippen LogP contribution < -0.4 is 16.2 Å². The molecule has 0 aliphatic heterocycles. The van der Waals surface area contributed by atoms with E-state index in [9.17, 15) is 14.4 Å². The third-order valence-corrected chi connectivity index (χ3v) is 5.24. The second kappa shape index (κ2) is 10.0. The molecule has 160 valence electrons. The Bertz CT molecular complexity index is 1160. The number of aryl methyl sites for hydroxylation is 2. The van der Waals surface area contributed by atoms with E-state index in [1.54, 1.807) is 19.1 Å². The number of anilines is 2. The number of aromatic amines is 1. The van der Waals surface area contributed by atoms with Gasteiger partial charge in [0.2, 0.25) is 11.8 Å². The summed E-state index contributed by atoms with van der Waals surface area (Å²) in [6, 6.07) is 12.8. The molecule has 0 aliphatic carbocycles. The lowest BCUT2D eigenvalue weighted by Crippen LogP contribution is -2.18. The molecule has 0 aliphatic rings. The Hall–Kier alpha value is -3.46. The highest BCUT2D eigenvalue weighted by molar-refractivity contribution is 7.99. The molecule has 9 heteroatoms. The summed E-state index contributed by atoms with van der Waals surface area (Å²) in [6.07, 6.45) is 0.315. The van der Waals surface area contributed by atoms with Crippen molar-refractivity contribution < 1.29 is 9.59 Å². The smallest absolute Gasteiger partial charge is 0.278 e. The molecule has 3 N–H and O–H groups in total. The minimum absolute atomic E-state index is 0.0695. The van der Waals surface area contributed by atoms with Gasteiger partial charge >= 0.3 is 0 Å². The average Bonchev–Trinajstić information content (AvgIpc) is 2.75. The van der Waals surface area contributed by atoms with Gasteiger partial charge in [-0.05, 0) is 38.1 Å². The van der Waals surface area contributed by atoms with Crippen LogP contribution in [0.1, 0.15) is 24.5 Å². The zero-order valence-corrected chi connectivity index (χ0v) is 18.3. The van der Waals surface area contributed by atoms with E-state index in [1.165, 1.54) is 0 Å². The number of hydrogen-bond donors (Lipinski definition) is 3. The summed E-state index contributed by atoms with van der Waals surface area (Å²) in [7, 11) is 0. The van der Waals surface area contributed by atoms with Crippen molar-refractivity contribution in [1.82, 2.24) is 15.2 Å². The van der Waals surface area contributed by atoms with Crippen LogP contribution in [0.5, 0.6) is 0 Å². The van der Waals surface area contributed by atoms with E-state index < -0.39 is 5.56 Å². The second-order valence-corrected chi connectivity index (χ2v) is 7.93. The van der Waals surface area contributed by atoms with Crippen LogP contribution in [-0.2, 0) is 9.59 Å². The number of nitrogens with one attached hydrogen (secondary N) is 3. The fourth-order valence-electron chi connectivity index (χ4n) is 2.73. The highest BCUT2D eigenvalue weighted by Gasteiger charge is 2.15. The monoisotopic (exact) mass is 437 g/mol. The number of carbonyl (C=O) groups excluding carboxylic acids is 2. The van der Waals surface area contributed by atoms with Gasteiger partial charge in [-0.25, -0.2) is 0 Å². The van der Waals surface area contributed by atoms with Crippen molar-refractivity contribution >= 4 is 35.0 Å². The van der Waals surface area contributed by atoms with Crippen LogP contribution in [0.3, 0.4) is 0 Å². The fraction of sp³-hybridized carbons (Fsp3) is 0.227. The Labute approximate surface area is 183 Å². The Balaban J connectivity index is 1.72. The predicted octanol–water partition coefficient (Wildman–Crippen LogP) is 3.53. The predicted molar refractivity (Wildman–Crippen MR) is 122 cm³/mol. The van der Waals surface area contributed by atoms with Gasteiger partial charge in [0.25, 0.3) is 5.56 Å². The van der Waals surface area contributed by atoms with Crippen molar-refractivity contribution in [2.45, 2.75) is 32.3 Å². The Kier molecular flexibility index (Phi) is 7.19. The van der Waals surface area contributed by atoms with Gasteiger partial charge in [0.15, 0.2) is 10.9 Å². The lowest BCUT2D eigenvalue weighted by atomic mass is 10.1. The molecule has 0 unspecified atom stereocenters. The van der Waals surface area contributed by atoms with E-state index >= 15 is 0 Å². The first-order chi connectivity index (χ1) is 14.9. The SMILES string of the molecule is CCC(=O)Nc1ccc(C)cc1-c1nnc(SCC(=O)Nc2ccc(C)cc2)[nH]c1=O. The summed E-state index contributed by atoms with van der Waals surface area (Å²) in [5.41, 5.74) is 3.35. The molecule has 1 aromatic heterocycles. The van der Waals surface area contributed by atoms with Gasteiger partial charge in [0.05, 0.1) is 11.4 Å². The lowest BCUT2D eigenvalue weighted by Gasteiger charge is -2.11. The van der Waals surface area contributed by atoms with Crippen LogP contribution in [0.15, 0.2) is 52.4 Å². The highest BCUT2D eigenvalue weighted by atomic mass is 32.2. The van der Waals surface area contributed by atoms with Crippen LogP contribution >= 0.6 is 11.8 Å². The van der Waals surface area contributed by atoms with Crippen LogP contribution in [0, 0.1) is 13.8 Å². The van der Waals surface area contributed by atoms with Gasteiger partial charge in [-0.3, -0.25) is 19.4 Å². The number of rotatable bonds is 7. The van der Waals surface area contributed by atoms with Crippen LogP contribution in [0.4, 0.5) is 11.4 Å². The lowest BCUT2D eigenvalue weighted by molar-refractivity contribution is -0.116. The molecule has 0 saturated heterocycles. The molecule has 0 atom stereocenters. The van der Waals surface area contributed by atoms with Gasteiger partial charge in [0, 0.05) is 17.7 Å². The maximum atomic E-state index is 12.6. The summed E-state index contributed by atoms with van der Waals surface area (Å²) in [6.45, 7) is 5.60. The molecule has 2 aromatic carbocycles. The Morgan fingerprint density at radius 1 is 0.968 bits per heavy atom. The fourth-order valence-corrected chi connectivity index (χ4v) is 3.34. The molecule has 2 amide bonds. The molecule has 0 radical (unpaired) electrons. The number of amides is 2. The normalized spacial score (nSPS) is 10.5. The summed E-state index contributed by atoms with van der Waals surface area (Å²) in [5, 5.41) is 13.9. The minimum atomic E-state index is -0.450. The van der Waals surface area contributed by atoms with Crippen molar-refractivity contribution in [3.8, 4) is 11.3 Å². The average molecular weight is 438 g/mol. The highest BCUT2D eigenvalue weighted by Crippen LogP contribution is 2.26. The van der Waals surface area contributed by atoms with Crippen molar-refractivity contribution in [3.05, 3.63) is 63.9 Å². The first-order valence-electron chi connectivity index (χ1n) is 9.73.